The fraction of sp³-hybridized carbons (Fsp3) is 0. The molecule has 0 saturated carbocycles. The number of aromatic nitrogens is 3. The third-order valence-corrected chi connectivity index (χ3v) is 10.5. The first kappa shape index (κ1) is 31.9. The van der Waals surface area contributed by atoms with Crippen LogP contribution in [-0.2, 0) is 0 Å². The molecule has 0 atom stereocenters. The van der Waals surface area contributed by atoms with Crippen LogP contribution in [0.15, 0.2) is 197 Å². The van der Waals surface area contributed by atoms with Crippen molar-refractivity contribution in [3.8, 4) is 67.5 Å². The molecule has 0 aliphatic carbocycles. The molecule has 0 aliphatic rings. The van der Waals surface area contributed by atoms with Gasteiger partial charge in [0, 0.05) is 32.7 Å². The Bertz CT molecular complexity index is 3180. The van der Waals surface area contributed by atoms with Gasteiger partial charge in [0.15, 0.2) is 17.5 Å². The normalized spacial score (nSPS) is 11.6. The van der Waals surface area contributed by atoms with E-state index < -0.39 is 0 Å². The van der Waals surface area contributed by atoms with E-state index in [1.54, 1.807) is 0 Å². The van der Waals surface area contributed by atoms with Gasteiger partial charge in [-0.3, -0.25) is 0 Å². The van der Waals surface area contributed by atoms with Crippen molar-refractivity contribution in [3.05, 3.63) is 188 Å². The average Bonchev–Trinajstić information content (AvgIpc) is 3.85. The lowest BCUT2D eigenvalue weighted by Crippen LogP contribution is -2.01. The number of nitrogens with zero attached hydrogens (tertiary/aromatic N) is 3. The molecule has 0 saturated heterocycles. The van der Waals surface area contributed by atoms with Crippen LogP contribution >= 0.6 is 0 Å². The topological polar surface area (TPSA) is 65.0 Å². The van der Waals surface area contributed by atoms with Crippen LogP contribution in [0.4, 0.5) is 0 Å². The SMILES string of the molecule is c1ccc(-c2cc(-c3ccccc3)cc(-c3nc(-c4ccc5oc6cccc(-c7ccccc7)c6c5c4)nc(-c4cccc5c4oc4ccccc45)n3)c2)cc1. The maximum atomic E-state index is 6.52. The maximum absolute atomic E-state index is 6.52. The maximum Gasteiger partial charge on any atom is 0.167 e. The monoisotopic (exact) mass is 717 g/mol. The Morgan fingerprint density at radius 1 is 0.286 bits per heavy atom. The van der Waals surface area contributed by atoms with Crippen LogP contribution in [-0.4, -0.2) is 15.0 Å². The number of fused-ring (bicyclic) bond motifs is 6. The van der Waals surface area contributed by atoms with Crippen molar-refractivity contribution in [1.82, 2.24) is 15.0 Å². The summed E-state index contributed by atoms with van der Waals surface area (Å²) in [5.74, 6) is 1.65. The fourth-order valence-electron chi connectivity index (χ4n) is 7.85. The first-order chi connectivity index (χ1) is 27.7. The number of rotatable bonds is 6. The number of hydrogen-bond acceptors (Lipinski definition) is 5. The van der Waals surface area contributed by atoms with Crippen molar-refractivity contribution in [2.24, 2.45) is 0 Å². The van der Waals surface area contributed by atoms with Crippen molar-refractivity contribution >= 4 is 43.9 Å². The lowest BCUT2D eigenvalue weighted by atomic mass is 9.96. The van der Waals surface area contributed by atoms with Crippen molar-refractivity contribution in [1.29, 1.82) is 0 Å². The molecule has 11 rings (SSSR count). The average molecular weight is 718 g/mol. The highest BCUT2D eigenvalue weighted by atomic mass is 16.3. The summed E-state index contributed by atoms with van der Waals surface area (Å²) in [5, 5.41) is 4.12. The summed E-state index contributed by atoms with van der Waals surface area (Å²) in [6, 6.07) is 64.6. The van der Waals surface area contributed by atoms with E-state index in [-0.39, 0.29) is 0 Å². The largest absolute Gasteiger partial charge is 0.456 e. The van der Waals surface area contributed by atoms with Crippen LogP contribution in [0.3, 0.4) is 0 Å². The zero-order valence-corrected chi connectivity index (χ0v) is 30.1. The number of furan rings is 2. The molecule has 3 aromatic heterocycles. The molecule has 0 unspecified atom stereocenters. The molecule has 5 nitrogen and oxygen atoms in total. The molecular weight excluding hydrogens is 687 g/mol. The van der Waals surface area contributed by atoms with Gasteiger partial charge in [-0.2, -0.15) is 0 Å². The Morgan fingerprint density at radius 2 is 0.821 bits per heavy atom. The minimum atomic E-state index is 0.531. The predicted octanol–water partition coefficient (Wildman–Crippen LogP) is 13.7. The van der Waals surface area contributed by atoms with Gasteiger partial charge in [0.25, 0.3) is 0 Å². The van der Waals surface area contributed by atoms with Crippen LogP contribution < -0.4 is 0 Å². The van der Waals surface area contributed by atoms with Gasteiger partial charge in [0.1, 0.15) is 22.3 Å². The second-order valence-corrected chi connectivity index (χ2v) is 14.0. The van der Waals surface area contributed by atoms with Gasteiger partial charge in [-0.15, -0.1) is 0 Å². The Balaban J connectivity index is 1.17. The number of para-hydroxylation sites is 2. The van der Waals surface area contributed by atoms with E-state index in [4.69, 9.17) is 23.8 Å². The number of benzene rings is 8. The summed E-state index contributed by atoms with van der Waals surface area (Å²) in [5.41, 5.74) is 12.3. The lowest BCUT2D eigenvalue weighted by Gasteiger charge is -2.12. The van der Waals surface area contributed by atoms with E-state index in [1.165, 1.54) is 0 Å². The quantitative estimate of drug-likeness (QED) is 0.171. The van der Waals surface area contributed by atoms with Gasteiger partial charge in [0.2, 0.25) is 0 Å². The highest BCUT2D eigenvalue weighted by Gasteiger charge is 2.20. The van der Waals surface area contributed by atoms with Gasteiger partial charge in [-0.1, -0.05) is 133 Å². The van der Waals surface area contributed by atoms with E-state index in [2.05, 4.69) is 115 Å². The smallest absolute Gasteiger partial charge is 0.167 e. The predicted molar refractivity (Wildman–Crippen MR) is 227 cm³/mol. The first-order valence-corrected chi connectivity index (χ1v) is 18.7. The molecule has 0 amide bonds. The second-order valence-electron chi connectivity index (χ2n) is 14.0. The summed E-state index contributed by atoms with van der Waals surface area (Å²) < 4.78 is 12.9. The molecule has 0 radical (unpaired) electrons. The van der Waals surface area contributed by atoms with E-state index in [0.29, 0.717) is 17.5 Å². The van der Waals surface area contributed by atoms with Gasteiger partial charge >= 0.3 is 0 Å². The van der Waals surface area contributed by atoms with Crippen LogP contribution in [0.25, 0.3) is 111 Å². The van der Waals surface area contributed by atoms with Gasteiger partial charge in [-0.25, -0.2) is 15.0 Å². The lowest BCUT2D eigenvalue weighted by molar-refractivity contribution is 0.669. The third-order valence-electron chi connectivity index (χ3n) is 10.5. The van der Waals surface area contributed by atoms with Crippen molar-refractivity contribution in [2.75, 3.05) is 0 Å². The van der Waals surface area contributed by atoms with Gasteiger partial charge in [0.05, 0.1) is 5.56 Å². The molecule has 0 N–H and O–H groups in total. The first-order valence-electron chi connectivity index (χ1n) is 18.7. The molecule has 0 fully saturated rings. The fourth-order valence-corrected chi connectivity index (χ4v) is 7.85. The van der Waals surface area contributed by atoms with E-state index in [1.807, 2.05) is 72.8 Å². The molecule has 0 bridgehead atoms. The Labute approximate surface area is 322 Å². The summed E-state index contributed by atoms with van der Waals surface area (Å²) in [6.45, 7) is 0. The molecule has 262 valence electrons. The molecule has 3 heterocycles. The Kier molecular flexibility index (Phi) is 7.42. The minimum Gasteiger partial charge on any atom is -0.456 e. The molecule has 11 aromatic rings. The summed E-state index contributed by atoms with van der Waals surface area (Å²) in [7, 11) is 0. The molecule has 0 aliphatic heterocycles. The Hall–Kier alpha value is -7.63. The molecule has 56 heavy (non-hydrogen) atoms. The molecule has 8 aromatic carbocycles. The summed E-state index contributed by atoms with van der Waals surface area (Å²) >= 11 is 0. The van der Waals surface area contributed by atoms with Crippen LogP contribution in [0, 0.1) is 0 Å². The zero-order chi connectivity index (χ0) is 37.0. The minimum absolute atomic E-state index is 0.531. The van der Waals surface area contributed by atoms with E-state index >= 15 is 0 Å². The molecule has 5 heteroatoms. The second kappa shape index (κ2) is 13.0. The van der Waals surface area contributed by atoms with Crippen molar-refractivity contribution in [2.45, 2.75) is 0 Å². The zero-order valence-electron chi connectivity index (χ0n) is 30.1. The molecule has 0 spiro atoms. The highest BCUT2D eigenvalue weighted by Crippen LogP contribution is 2.40. The van der Waals surface area contributed by atoms with Crippen LogP contribution in [0.1, 0.15) is 0 Å². The van der Waals surface area contributed by atoms with Gasteiger partial charge in [-0.05, 0) is 88.0 Å². The number of hydrogen-bond donors (Lipinski definition) is 0. The van der Waals surface area contributed by atoms with Gasteiger partial charge < -0.3 is 8.83 Å². The highest BCUT2D eigenvalue weighted by molar-refractivity contribution is 6.13. The summed E-state index contributed by atoms with van der Waals surface area (Å²) in [4.78, 5) is 15.7. The van der Waals surface area contributed by atoms with Crippen molar-refractivity contribution < 1.29 is 8.83 Å². The third kappa shape index (κ3) is 5.45. The Morgan fingerprint density at radius 3 is 1.55 bits per heavy atom. The standard InChI is InChI=1S/C51H31N3O2/c1-4-14-32(15-5-1)36-28-37(33-16-6-2-7-17-33)30-38(29-36)50-52-49(53-51(54-50)42-23-12-22-41-40-20-10-11-24-44(40)56-48(41)42)35-26-27-45-43(31-35)47-39(21-13-25-46(47)55-45)34-18-8-3-9-19-34/h1-31H. The van der Waals surface area contributed by atoms with Crippen LogP contribution in [0.2, 0.25) is 0 Å². The van der Waals surface area contributed by atoms with E-state index in [9.17, 15) is 0 Å². The summed E-state index contributed by atoms with van der Waals surface area (Å²) in [6.07, 6.45) is 0. The van der Waals surface area contributed by atoms with Crippen LogP contribution in [0.5, 0.6) is 0 Å². The van der Waals surface area contributed by atoms with E-state index in [0.717, 1.165) is 93.9 Å². The van der Waals surface area contributed by atoms with Crippen molar-refractivity contribution in [3.63, 3.8) is 0 Å². The molecular formula is C51H31N3O2.